The van der Waals surface area contributed by atoms with Crippen LogP contribution in [0.2, 0.25) is 0 Å². The van der Waals surface area contributed by atoms with Gasteiger partial charge < -0.3 is 15.5 Å². The molecule has 3 rings (SSSR count). The van der Waals surface area contributed by atoms with Gasteiger partial charge in [-0.15, -0.1) is 0 Å². The van der Waals surface area contributed by atoms with Gasteiger partial charge in [-0.25, -0.2) is 0 Å². The lowest BCUT2D eigenvalue weighted by Gasteiger charge is -2.36. The van der Waals surface area contributed by atoms with E-state index in [4.69, 9.17) is 5.73 Å². The normalized spacial score (nSPS) is 15.0. The molecule has 1 saturated heterocycles. The van der Waals surface area contributed by atoms with E-state index in [0.29, 0.717) is 6.54 Å². The van der Waals surface area contributed by atoms with Crippen molar-refractivity contribution in [1.29, 1.82) is 0 Å². The minimum atomic E-state index is 0.561. The van der Waals surface area contributed by atoms with Crippen molar-refractivity contribution in [1.82, 2.24) is 9.88 Å². The minimum Gasteiger partial charge on any atom is -0.374 e. The second-order valence-corrected chi connectivity index (χ2v) is 6.24. The van der Waals surface area contributed by atoms with Gasteiger partial charge in [0.05, 0.1) is 11.9 Å². The van der Waals surface area contributed by atoms with Crippen LogP contribution in [0.3, 0.4) is 0 Å². The highest BCUT2D eigenvalue weighted by Gasteiger charge is 2.18. The zero-order valence-electron chi connectivity index (χ0n) is 14.6. The molecule has 1 aromatic heterocycles. The Morgan fingerprint density at radius 1 is 1.20 bits per heavy atom. The van der Waals surface area contributed by atoms with Crippen molar-refractivity contribution in [2.45, 2.75) is 13.5 Å². The zero-order chi connectivity index (χ0) is 17.6. The SMILES string of the molecule is Cc1cc(-c2ccncc2N2CCN(/C=C/C=O)CC2)ccc1CN. The first-order valence-corrected chi connectivity index (χ1v) is 8.58. The Morgan fingerprint density at radius 3 is 2.68 bits per heavy atom. The Kier molecular flexibility index (Phi) is 5.46. The second-order valence-electron chi connectivity index (χ2n) is 6.24. The van der Waals surface area contributed by atoms with Crippen molar-refractivity contribution in [3.63, 3.8) is 0 Å². The van der Waals surface area contributed by atoms with Crippen LogP contribution in [0.1, 0.15) is 11.1 Å². The molecule has 5 heteroatoms. The van der Waals surface area contributed by atoms with Crippen LogP contribution >= 0.6 is 0 Å². The summed E-state index contributed by atoms with van der Waals surface area (Å²) in [4.78, 5) is 19.3. The lowest BCUT2D eigenvalue weighted by atomic mass is 9.99. The summed E-state index contributed by atoms with van der Waals surface area (Å²) in [6.07, 6.45) is 8.02. The molecule has 0 atom stereocenters. The number of allylic oxidation sites excluding steroid dienone is 1. The topological polar surface area (TPSA) is 62.5 Å². The van der Waals surface area contributed by atoms with Crippen molar-refractivity contribution >= 4 is 12.0 Å². The zero-order valence-corrected chi connectivity index (χ0v) is 14.6. The Labute approximate surface area is 148 Å². The molecule has 5 nitrogen and oxygen atoms in total. The molecule has 0 spiro atoms. The van der Waals surface area contributed by atoms with Gasteiger partial charge in [0.1, 0.15) is 6.29 Å². The average molecular weight is 336 g/mol. The Balaban J connectivity index is 1.84. The number of benzene rings is 1. The summed E-state index contributed by atoms with van der Waals surface area (Å²) in [5.41, 5.74) is 11.7. The molecule has 2 heterocycles. The largest absolute Gasteiger partial charge is 0.374 e. The summed E-state index contributed by atoms with van der Waals surface area (Å²) in [5, 5.41) is 0. The number of carbonyl (C=O) groups is 1. The van der Waals surface area contributed by atoms with Crippen molar-refractivity contribution < 1.29 is 4.79 Å². The number of nitrogens with two attached hydrogens (primary N) is 1. The van der Waals surface area contributed by atoms with E-state index in [1.165, 1.54) is 22.3 Å². The number of hydrogen-bond donors (Lipinski definition) is 1. The van der Waals surface area contributed by atoms with Crippen LogP contribution in [-0.2, 0) is 11.3 Å². The number of carbonyl (C=O) groups excluding carboxylic acids is 1. The molecule has 1 fully saturated rings. The summed E-state index contributed by atoms with van der Waals surface area (Å²) in [6.45, 7) is 6.26. The van der Waals surface area contributed by atoms with E-state index >= 15 is 0 Å². The van der Waals surface area contributed by atoms with Crippen LogP contribution in [-0.4, -0.2) is 42.3 Å². The molecule has 0 unspecified atom stereocenters. The number of hydrogen-bond acceptors (Lipinski definition) is 5. The van der Waals surface area contributed by atoms with Gasteiger partial charge in [-0.2, -0.15) is 0 Å². The molecule has 2 aromatic rings. The fraction of sp³-hybridized carbons (Fsp3) is 0.300. The summed E-state index contributed by atoms with van der Waals surface area (Å²) >= 11 is 0. The third-order valence-corrected chi connectivity index (χ3v) is 4.70. The highest BCUT2D eigenvalue weighted by Crippen LogP contribution is 2.31. The number of piperazine rings is 1. The van der Waals surface area contributed by atoms with Gasteiger partial charge in [0.2, 0.25) is 0 Å². The van der Waals surface area contributed by atoms with Crippen LogP contribution in [0.15, 0.2) is 48.9 Å². The quantitative estimate of drug-likeness (QED) is 0.671. The first-order chi connectivity index (χ1) is 12.2. The minimum absolute atomic E-state index is 0.561. The maximum absolute atomic E-state index is 10.5. The van der Waals surface area contributed by atoms with Gasteiger partial charge >= 0.3 is 0 Å². The number of anilines is 1. The van der Waals surface area contributed by atoms with E-state index in [0.717, 1.165) is 38.2 Å². The number of aromatic nitrogens is 1. The molecule has 0 amide bonds. The highest BCUT2D eigenvalue weighted by molar-refractivity contribution is 5.78. The van der Waals surface area contributed by atoms with E-state index in [1.807, 2.05) is 18.6 Å². The number of pyridine rings is 1. The van der Waals surface area contributed by atoms with E-state index < -0.39 is 0 Å². The first-order valence-electron chi connectivity index (χ1n) is 8.58. The fourth-order valence-corrected chi connectivity index (χ4v) is 3.24. The van der Waals surface area contributed by atoms with E-state index in [9.17, 15) is 4.79 Å². The molecule has 0 aliphatic carbocycles. The van der Waals surface area contributed by atoms with Crippen LogP contribution in [0.4, 0.5) is 5.69 Å². The third kappa shape index (κ3) is 3.88. The van der Waals surface area contributed by atoms with Gasteiger partial charge in [-0.1, -0.05) is 18.2 Å². The summed E-state index contributed by atoms with van der Waals surface area (Å²) in [7, 11) is 0. The van der Waals surface area contributed by atoms with Crippen molar-refractivity contribution in [3.8, 4) is 11.1 Å². The van der Waals surface area contributed by atoms with E-state index in [1.54, 1.807) is 6.08 Å². The number of nitrogens with zero attached hydrogens (tertiary/aromatic N) is 3. The fourth-order valence-electron chi connectivity index (χ4n) is 3.24. The predicted molar refractivity (Wildman–Crippen MR) is 101 cm³/mol. The average Bonchev–Trinajstić information content (AvgIpc) is 2.67. The van der Waals surface area contributed by atoms with Gasteiger partial charge in [0.15, 0.2) is 0 Å². The van der Waals surface area contributed by atoms with Crippen molar-refractivity contribution in [3.05, 3.63) is 60.1 Å². The molecule has 1 aromatic carbocycles. The summed E-state index contributed by atoms with van der Waals surface area (Å²) in [6, 6.07) is 8.52. The highest BCUT2D eigenvalue weighted by atomic mass is 16.1. The molecule has 1 aliphatic heterocycles. The summed E-state index contributed by atoms with van der Waals surface area (Å²) < 4.78 is 0. The molecule has 130 valence electrons. The van der Waals surface area contributed by atoms with Gasteiger partial charge in [-0.3, -0.25) is 9.78 Å². The standard InChI is InChI=1S/C20H24N4O/c1-16-13-17(3-4-18(16)14-21)19-5-6-22-15-20(19)24-10-8-23(9-11-24)7-2-12-25/h2-7,12-13,15H,8-11,14,21H2,1H3/b7-2+. The molecule has 2 N–H and O–H groups in total. The maximum atomic E-state index is 10.5. The molecule has 0 saturated carbocycles. The third-order valence-electron chi connectivity index (χ3n) is 4.70. The van der Waals surface area contributed by atoms with Crippen molar-refractivity contribution in [2.75, 3.05) is 31.1 Å². The Bertz CT molecular complexity index is 764. The van der Waals surface area contributed by atoms with Crippen LogP contribution in [0.5, 0.6) is 0 Å². The first kappa shape index (κ1) is 17.2. The molecule has 0 radical (unpaired) electrons. The molecule has 0 bridgehead atoms. The Hall–Kier alpha value is -2.66. The van der Waals surface area contributed by atoms with Gasteiger partial charge in [0, 0.05) is 50.7 Å². The number of rotatable bonds is 5. The predicted octanol–water partition coefficient (Wildman–Crippen LogP) is 2.35. The monoisotopic (exact) mass is 336 g/mol. The molecular formula is C20H24N4O. The number of aldehydes is 1. The molecular weight excluding hydrogens is 312 g/mol. The van der Waals surface area contributed by atoms with Gasteiger partial charge in [0.25, 0.3) is 0 Å². The van der Waals surface area contributed by atoms with Gasteiger partial charge in [-0.05, 0) is 35.8 Å². The van der Waals surface area contributed by atoms with Crippen LogP contribution < -0.4 is 10.6 Å². The van der Waals surface area contributed by atoms with Crippen molar-refractivity contribution in [2.24, 2.45) is 5.73 Å². The maximum Gasteiger partial charge on any atom is 0.144 e. The van der Waals surface area contributed by atoms with E-state index in [-0.39, 0.29) is 0 Å². The smallest absolute Gasteiger partial charge is 0.144 e. The Morgan fingerprint density at radius 2 is 2.00 bits per heavy atom. The number of aryl methyl sites for hydroxylation is 1. The lowest BCUT2D eigenvalue weighted by molar-refractivity contribution is -0.104. The molecule has 1 aliphatic rings. The van der Waals surface area contributed by atoms with E-state index in [2.05, 4.69) is 46.0 Å². The second kappa shape index (κ2) is 7.94. The van der Waals surface area contributed by atoms with Crippen LogP contribution in [0.25, 0.3) is 11.1 Å². The lowest BCUT2D eigenvalue weighted by Crippen LogP contribution is -2.44. The molecule has 25 heavy (non-hydrogen) atoms. The summed E-state index contributed by atoms with van der Waals surface area (Å²) in [5.74, 6) is 0. The van der Waals surface area contributed by atoms with Crippen LogP contribution in [0, 0.1) is 6.92 Å².